The highest BCUT2D eigenvalue weighted by atomic mass is 79.9. The number of hydrogen-bond acceptors (Lipinski definition) is 2. The number of aromatic nitrogens is 2. The quantitative estimate of drug-likeness (QED) is 0.942. The molecule has 0 aliphatic rings. The molecule has 1 aromatic carbocycles. The minimum Gasteiger partial charge on any atom is -0.322 e. The van der Waals surface area contributed by atoms with E-state index in [2.05, 4.69) is 26.3 Å². The Morgan fingerprint density at radius 3 is 2.89 bits per heavy atom. The second-order valence-corrected chi connectivity index (χ2v) is 4.95. The predicted octanol–water partition coefficient (Wildman–Crippen LogP) is 3.14. The zero-order valence-corrected chi connectivity index (χ0v) is 12.2. The summed E-state index contributed by atoms with van der Waals surface area (Å²) in [5.41, 5.74) is 1.80. The van der Waals surface area contributed by atoms with E-state index in [0.717, 1.165) is 5.69 Å². The van der Waals surface area contributed by atoms with Crippen molar-refractivity contribution < 1.29 is 9.18 Å². The normalized spacial score (nSPS) is 10.5. The number of amides is 1. The van der Waals surface area contributed by atoms with E-state index in [-0.39, 0.29) is 11.7 Å². The molecule has 2 rings (SSSR count). The smallest absolute Gasteiger partial charge is 0.259 e. The molecule has 1 heterocycles. The molecular formula is C13H13BrFN3O. The lowest BCUT2D eigenvalue weighted by Crippen LogP contribution is -2.13. The molecule has 0 aliphatic heterocycles. The molecule has 0 saturated heterocycles. The molecule has 0 bridgehead atoms. The number of nitrogens with one attached hydrogen (secondary N) is 1. The van der Waals surface area contributed by atoms with Gasteiger partial charge < -0.3 is 5.32 Å². The Kier molecular flexibility index (Phi) is 3.99. The molecule has 0 fully saturated rings. The van der Waals surface area contributed by atoms with Crippen molar-refractivity contribution in [1.82, 2.24) is 9.78 Å². The van der Waals surface area contributed by atoms with E-state index < -0.39 is 0 Å². The summed E-state index contributed by atoms with van der Waals surface area (Å²) in [5.74, 6) is -0.614. The van der Waals surface area contributed by atoms with Gasteiger partial charge in [-0.2, -0.15) is 5.10 Å². The SMILES string of the molecule is CCc1nn(C)cc1C(=O)Nc1ccc(F)c(Br)c1. The Bertz CT molecular complexity index is 624. The number of rotatable bonds is 3. The molecule has 0 atom stereocenters. The van der Waals surface area contributed by atoms with E-state index in [9.17, 15) is 9.18 Å². The van der Waals surface area contributed by atoms with Gasteiger partial charge >= 0.3 is 0 Å². The predicted molar refractivity (Wildman–Crippen MR) is 74.6 cm³/mol. The second kappa shape index (κ2) is 5.52. The summed E-state index contributed by atoms with van der Waals surface area (Å²) in [4.78, 5) is 12.1. The van der Waals surface area contributed by atoms with Gasteiger partial charge in [-0.15, -0.1) is 0 Å². The molecule has 4 nitrogen and oxygen atoms in total. The number of anilines is 1. The van der Waals surface area contributed by atoms with Gasteiger partial charge in [0.15, 0.2) is 0 Å². The Balaban J connectivity index is 2.22. The Morgan fingerprint density at radius 2 is 2.26 bits per heavy atom. The standard InChI is InChI=1S/C13H13BrFN3O/c1-3-12-9(7-18(2)17-12)13(19)16-8-4-5-11(15)10(14)6-8/h4-7H,3H2,1-2H3,(H,16,19). The van der Waals surface area contributed by atoms with Crippen LogP contribution in [-0.4, -0.2) is 15.7 Å². The van der Waals surface area contributed by atoms with Crippen LogP contribution in [-0.2, 0) is 13.5 Å². The third kappa shape index (κ3) is 3.01. The van der Waals surface area contributed by atoms with Crippen molar-refractivity contribution in [3.63, 3.8) is 0 Å². The highest BCUT2D eigenvalue weighted by Crippen LogP contribution is 2.21. The molecule has 6 heteroatoms. The molecule has 0 unspecified atom stereocenters. The lowest BCUT2D eigenvalue weighted by molar-refractivity contribution is 0.102. The summed E-state index contributed by atoms with van der Waals surface area (Å²) < 4.78 is 15.0. The minimum absolute atomic E-state index is 0.247. The number of carbonyl (C=O) groups is 1. The first-order chi connectivity index (χ1) is 9.01. The second-order valence-electron chi connectivity index (χ2n) is 4.10. The molecule has 100 valence electrons. The Morgan fingerprint density at radius 1 is 1.53 bits per heavy atom. The molecule has 0 saturated carbocycles. The molecule has 0 radical (unpaired) electrons. The summed E-state index contributed by atoms with van der Waals surface area (Å²) in [6.45, 7) is 1.94. The molecule has 1 N–H and O–H groups in total. The van der Waals surface area contributed by atoms with Crippen molar-refractivity contribution in [2.75, 3.05) is 5.32 Å². The van der Waals surface area contributed by atoms with E-state index >= 15 is 0 Å². The van der Waals surface area contributed by atoms with E-state index in [0.29, 0.717) is 22.1 Å². The summed E-state index contributed by atoms with van der Waals surface area (Å²) in [7, 11) is 1.77. The molecule has 2 aromatic rings. The Labute approximate surface area is 118 Å². The topological polar surface area (TPSA) is 46.9 Å². The number of nitrogens with zero attached hydrogens (tertiary/aromatic N) is 2. The largest absolute Gasteiger partial charge is 0.322 e. The van der Waals surface area contributed by atoms with Gasteiger partial charge in [0.05, 0.1) is 15.7 Å². The number of halogens is 2. The van der Waals surface area contributed by atoms with Gasteiger partial charge in [-0.3, -0.25) is 9.48 Å². The zero-order chi connectivity index (χ0) is 14.0. The molecule has 1 amide bonds. The summed E-state index contributed by atoms with van der Waals surface area (Å²) in [6, 6.07) is 4.33. The lowest BCUT2D eigenvalue weighted by atomic mass is 10.2. The Hall–Kier alpha value is -1.69. The van der Waals surface area contributed by atoms with Crippen molar-refractivity contribution in [1.29, 1.82) is 0 Å². The van der Waals surface area contributed by atoms with Crippen molar-refractivity contribution in [2.24, 2.45) is 7.05 Å². The van der Waals surface area contributed by atoms with E-state index in [1.165, 1.54) is 18.2 Å². The molecule has 1 aromatic heterocycles. The van der Waals surface area contributed by atoms with E-state index in [1.54, 1.807) is 17.9 Å². The number of hydrogen-bond donors (Lipinski definition) is 1. The van der Waals surface area contributed by atoms with Gasteiger partial charge in [-0.05, 0) is 40.5 Å². The van der Waals surface area contributed by atoms with Crippen LogP contribution in [0.25, 0.3) is 0 Å². The average Bonchev–Trinajstić information content (AvgIpc) is 2.75. The van der Waals surface area contributed by atoms with Crippen molar-refractivity contribution >= 4 is 27.5 Å². The molecule has 0 spiro atoms. The van der Waals surface area contributed by atoms with Crippen LogP contribution in [0.4, 0.5) is 10.1 Å². The van der Waals surface area contributed by atoms with Crippen LogP contribution in [0.5, 0.6) is 0 Å². The molecular weight excluding hydrogens is 313 g/mol. The van der Waals surface area contributed by atoms with Crippen molar-refractivity contribution in [3.8, 4) is 0 Å². The highest BCUT2D eigenvalue weighted by molar-refractivity contribution is 9.10. The van der Waals surface area contributed by atoms with Crippen LogP contribution in [0.15, 0.2) is 28.9 Å². The van der Waals surface area contributed by atoms with Gasteiger partial charge in [0.2, 0.25) is 0 Å². The maximum Gasteiger partial charge on any atom is 0.259 e. The highest BCUT2D eigenvalue weighted by Gasteiger charge is 2.14. The molecule has 0 aliphatic carbocycles. The first-order valence-corrected chi connectivity index (χ1v) is 6.59. The van der Waals surface area contributed by atoms with Gasteiger partial charge in [-0.25, -0.2) is 4.39 Å². The third-order valence-corrected chi connectivity index (χ3v) is 3.27. The maximum absolute atomic E-state index is 13.1. The lowest BCUT2D eigenvalue weighted by Gasteiger charge is -2.05. The van der Waals surface area contributed by atoms with Crippen molar-refractivity contribution in [3.05, 3.63) is 45.9 Å². The van der Waals surface area contributed by atoms with Gasteiger partial charge in [0.25, 0.3) is 5.91 Å². The fourth-order valence-electron chi connectivity index (χ4n) is 1.76. The van der Waals surface area contributed by atoms with Crippen molar-refractivity contribution in [2.45, 2.75) is 13.3 Å². The third-order valence-electron chi connectivity index (χ3n) is 2.66. The monoisotopic (exact) mass is 325 g/mol. The van der Waals surface area contributed by atoms with Gasteiger partial charge in [0.1, 0.15) is 5.82 Å². The first-order valence-electron chi connectivity index (χ1n) is 5.80. The summed E-state index contributed by atoms with van der Waals surface area (Å²) in [6.07, 6.45) is 2.35. The maximum atomic E-state index is 13.1. The zero-order valence-electron chi connectivity index (χ0n) is 10.6. The number of benzene rings is 1. The van der Waals surface area contributed by atoms with Crippen LogP contribution in [0, 0.1) is 5.82 Å². The van der Waals surface area contributed by atoms with Crippen LogP contribution in [0.3, 0.4) is 0 Å². The molecule has 19 heavy (non-hydrogen) atoms. The number of aryl methyl sites for hydroxylation is 2. The van der Waals surface area contributed by atoms with Crippen LogP contribution >= 0.6 is 15.9 Å². The minimum atomic E-state index is -0.367. The first kappa shape index (κ1) is 13.7. The fraction of sp³-hybridized carbons (Fsp3) is 0.231. The average molecular weight is 326 g/mol. The summed E-state index contributed by atoms with van der Waals surface area (Å²) in [5, 5.41) is 6.94. The van der Waals surface area contributed by atoms with Gasteiger partial charge in [-0.1, -0.05) is 6.92 Å². The van der Waals surface area contributed by atoms with Crippen LogP contribution in [0.1, 0.15) is 23.0 Å². The van der Waals surface area contributed by atoms with Crippen LogP contribution in [0.2, 0.25) is 0 Å². The summed E-state index contributed by atoms with van der Waals surface area (Å²) >= 11 is 3.08. The van der Waals surface area contributed by atoms with E-state index in [4.69, 9.17) is 0 Å². The fourth-order valence-corrected chi connectivity index (χ4v) is 2.14. The number of carbonyl (C=O) groups excluding carboxylic acids is 1. The van der Waals surface area contributed by atoms with E-state index in [1.807, 2.05) is 6.92 Å². The van der Waals surface area contributed by atoms with Crippen LogP contribution < -0.4 is 5.32 Å². The van der Waals surface area contributed by atoms with Gasteiger partial charge in [0, 0.05) is 18.9 Å².